The number of rotatable bonds is 10. The van der Waals surface area contributed by atoms with Crippen LogP contribution in [0, 0.1) is 0 Å². The van der Waals surface area contributed by atoms with E-state index in [4.69, 9.17) is 9.47 Å². The number of anilines is 1. The molecule has 0 radical (unpaired) electrons. The van der Waals surface area contributed by atoms with Crippen molar-refractivity contribution in [3.8, 4) is 11.5 Å². The van der Waals surface area contributed by atoms with E-state index >= 15 is 0 Å². The maximum absolute atomic E-state index is 13.1. The molecule has 0 saturated carbocycles. The van der Waals surface area contributed by atoms with Gasteiger partial charge in [-0.1, -0.05) is 19.4 Å². The van der Waals surface area contributed by atoms with Gasteiger partial charge in [-0.15, -0.1) is 0 Å². The van der Waals surface area contributed by atoms with Gasteiger partial charge in [0.25, 0.3) is 5.91 Å². The smallest absolute Gasteiger partial charge is 0.347 e. The van der Waals surface area contributed by atoms with Crippen LogP contribution in [0.15, 0.2) is 24.3 Å². The quantitative estimate of drug-likeness (QED) is 0.579. The van der Waals surface area contributed by atoms with E-state index in [1.807, 2.05) is 6.92 Å². The number of amides is 1. The lowest BCUT2D eigenvalue weighted by Crippen LogP contribution is -2.54. The summed E-state index contributed by atoms with van der Waals surface area (Å²) in [5.41, 5.74) is 1.02. The summed E-state index contributed by atoms with van der Waals surface area (Å²) in [4.78, 5) is 28.4. The van der Waals surface area contributed by atoms with Gasteiger partial charge in [0.1, 0.15) is 30.0 Å². The van der Waals surface area contributed by atoms with Gasteiger partial charge >= 0.3 is 5.97 Å². The SMILES string of the molecule is CCCc1n[nH]c2c1N(CC)C(C)N(CCOc1cccc(OC(C)(C)C(=O)O)c1)C2=O. The molecule has 0 saturated heterocycles. The molecule has 2 N–H and O–H groups in total. The monoisotopic (exact) mass is 444 g/mol. The summed E-state index contributed by atoms with van der Waals surface area (Å²) in [5.74, 6) is -0.196. The van der Waals surface area contributed by atoms with Gasteiger partial charge < -0.3 is 24.4 Å². The van der Waals surface area contributed by atoms with Crippen molar-refractivity contribution in [3.63, 3.8) is 0 Å². The Hall–Kier alpha value is -3.23. The molecule has 1 atom stereocenters. The van der Waals surface area contributed by atoms with Gasteiger partial charge in [0.05, 0.1) is 17.9 Å². The minimum absolute atomic E-state index is 0.0871. The number of aromatic amines is 1. The van der Waals surface area contributed by atoms with Gasteiger partial charge in [-0.2, -0.15) is 5.10 Å². The average molecular weight is 445 g/mol. The minimum Gasteiger partial charge on any atom is -0.492 e. The highest BCUT2D eigenvalue weighted by Gasteiger charge is 2.37. The number of aliphatic carboxylic acids is 1. The minimum atomic E-state index is -1.35. The van der Waals surface area contributed by atoms with Gasteiger partial charge in [-0.05, 0) is 46.2 Å². The fourth-order valence-electron chi connectivity index (χ4n) is 3.85. The first-order chi connectivity index (χ1) is 15.2. The molecule has 1 amide bonds. The largest absolute Gasteiger partial charge is 0.492 e. The first-order valence-electron chi connectivity index (χ1n) is 11.0. The van der Waals surface area contributed by atoms with Crippen molar-refractivity contribution in [3.05, 3.63) is 35.7 Å². The zero-order valence-corrected chi connectivity index (χ0v) is 19.3. The summed E-state index contributed by atoms with van der Waals surface area (Å²) in [7, 11) is 0. The lowest BCUT2D eigenvalue weighted by atomic mass is 10.1. The fourth-order valence-corrected chi connectivity index (χ4v) is 3.85. The number of ether oxygens (including phenoxy) is 2. The van der Waals surface area contributed by atoms with E-state index in [0.29, 0.717) is 23.7 Å². The molecule has 0 bridgehead atoms. The fraction of sp³-hybridized carbons (Fsp3) is 0.522. The highest BCUT2D eigenvalue weighted by Crippen LogP contribution is 2.33. The first kappa shape index (κ1) is 23.4. The van der Waals surface area contributed by atoms with Crippen LogP contribution in [0.5, 0.6) is 11.5 Å². The third-order valence-electron chi connectivity index (χ3n) is 5.60. The number of hydrogen-bond acceptors (Lipinski definition) is 6. The molecule has 0 fully saturated rings. The van der Waals surface area contributed by atoms with Gasteiger partial charge in [-0.3, -0.25) is 9.89 Å². The lowest BCUT2D eigenvalue weighted by molar-refractivity contribution is -0.152. The Morgan fingerprint density at radius 3 is 2.62 bits per heavy atom. The number of aromatic nitrogens is 2. The molecular weight excluding hydrogens is 412 g/mol. The zero-order valence-electron chi connectivity index (χ0n) is 19.3. The second kappa shape index (κ2) is 9.50. The van der Waals surface area contributed by atoms with Gasteiger partial charge in [-0.25, -0.2) is 4.79 Å². The van der Waals surface area contributed by atoms with E-state index in [1.54, 1.807) is 29.2 Å². The summed E-state index contributed by atoms with van der Waals surface area (Å²) in [6.07, 6.45) is 1.66. The predicted molar refractivity (Wildman–Crippen MR) is 120 cm³/mol. The Labute approximate surface area is 188 Å². The van der Waals surface area contributed by atoms with Crippen LogP contribution in [0.4, 0.5) is 5.69 Å². The molecule has 0 spiro atoms. The van der Waals surface area contributed by atoms with Crippen molar-refractivity contribution in [1.82, 2.24) is 15.1 Å². The summed E-state index contributed by atoms with van der Waals surface area (Å²) in [6, 6.07) is 6.84. The van der Waals surface area contributed by atoms with Crippen molar-refractivity contribution in [1.29, 1.82) is 0 Å². The number of fused-ring (bicyclic) bond motifs is 1. The molecule has 9 heteroatoms. The molecule has 32 heavy (non-hydrogen) atoms. The van der Waals surface area contributed by atoms with Crippen molar-refractivity contribution in [2.75, 3.05) is 24.6 Å². The Bertz CT molecular complexity index is 971. The molecule has 1 aliphatic rings. The number of carboxylic acid groups (broad SMARTS) is 1. The summed E-state index contributed by atoms with van der Waals surface area (Å²) >= 11 is 0. The average Bonchev–Trinajstić information content (AvgIpc) is 3.15. The maximum atomic E-state index is 13.1. The number of aryl methyl sites for hydroxylation is 1. The molecular formula is C23H32N4O5. The zero-order chi connectivity index (χ0) is 23.5. The molecule has 174 valence electrons. The van der Waals surface area contributed by atoms with E-state index in [0.717, 1.165) is 30.8 Å². The molecule has 9 nitrogen and oxygen atoms in total. The standard InChI is InChI=1S/C23H32N4O5/c1-6-9-18-20-19(25-24-18)21(28)27(15(3)26(20)7-2)12-13-31-16-10-8-11-17(14-16)32-23(4,5)22(29)30/h8,10-11,14-15H,6-7,9,12-13H2,1-5H3,(H,24,25)(H,29,30). The third kappa shape index (κ3) is 4.66. The van der Waals surface area contributed by atoms with Crippen LogP contribution in [0.1, 0.15) is 57.2 Å². The number of carbonyl (C=O) groups is 2. The Kier molecular flexibility index (Phi) is 6.96. The third-order valence-corrected chi connectivity index (χ3v) is 5.60. The highest BCUT2D eigenvalue weighted by molar-refractivity contribution is 6.00. The van der Waals surface area contributed by atoms with Gasteiger partial charge in [0, 0.05) is 12.6 Å². The molecule has 3 rings (SSSR count). The number of carboxylic acids is 1. The van der Waals surface area contributed by atoms with Crippen molar-refractivity contribution in [2.45, 2.75) is 59.2 Å². The second-order valence-corrected chi connectivity index (χ2v) is 8.30. The van der Waals surface area contributed by atoms with Gasteiger partial charge in [0.15, 0.2) is 5.60 Å². The van der Waals surface area contributed by atoms with Crippen molar-refractivity contribution in [2.24, 2.45) is 0 Å². The predicted octanol–water partition coefficient (Wildman–Crippen LogP) is 3.31. The highest BCUT2D eigenvalue weighted by atomic mass is 16.5. The summed E-state index contributed by atoms with van der Waals surface area (Å²) in [5, 5.41) is 16.6. The second-order valence-electron chi connectivity index (χ2n) is 8.30. The first-order valence-corrected chi connectivity index (χ1v) is 11.0. The normalized spacial score (nSPS) is 16.2. The number of H-pyrrole nitrogens is 1. The Morgan fingerprint density at radius 1 is 1.25 bits per heavy atom. The van der Waals surface area contributed by atoms with Crippen LogP contribution in [-0.4, -0.2) is 63.5 Å². The molecule has 2 aromatic rings. The summed E-state index contributed by atoms with van der Waals surface area (Å²) < 4.78 is 11.4. The van der Waals surface area contributed by atoms with Crippen LogP contribution in [0.25, 0.3) is 0 Å². The Morgan fingerprint density at radius 2 is 1.97 bits per heavy atom. The van der Waals surface area contributed by atoms with E-state index in [9.17, 15) is 14.7 Å². The maximum Gasteiger partial charge on any atom is 0.347 e. The number of hydrogen-bond donors (Lipinski definition) is 2. The van der Waals surface area contributed by atoms with Crippen LogP contribution < -0.4 is 14.4 Å². The van der Waals surface area contributed by atoms with Crippen LogP contribution in [0.2, 0.25) is 0 Å². The molecule has 1 aliphatic heterocycles. The number of benzene rings is 1. The van der Waals surface area contributed by atoms with Gasteiger partial charge in [0.2, 0.25) is 0 Å². The van der Waals surface area contributed by atoms with E-state index in [-0.39, 0.29) is 18.7 Å². The molecule has 1 aromatic heterocycles. The van der Waals surface area contributed by atoms with Crippen LogP contribution >= 0.6 is 0 Å². The topological polar surface area (TPSA) is 108 Å². The van der Waals surface area contributed by atoms with Crippen molar-refractivity contribution >= 4 is 17.6 Å². The number of nitrogens with zero attached hydrogens (tertiary/aromatic N) is 3. The Balaban J connectivity index is 1.68. The number of carbonyl (C=O) groups excluding carboxylic acids is 1. The van der Waals surface area contributed by atoms with E-state index < -0.39 is 11.6 Å². The molecule has 1 unspecified atom stereocenters. The molecule has 1 aromatic carbocycles. The molecule has 0 aliphatic carbocycles. The van der Waals surface area contributed by atoms with E-state index in [2.05, 4.69) is 28.9 Å². The lowest BCUT2D eigenvalue weighted by Gasteiger charge is -2.42. The number of nitrogens with one attached hydrogen (secondary N) is 1. The van der Waals surface area contributed by atoms with Crippen LogP contribution in [-0.2, 0) is 11.2 Å². The molecule has 2 heterocycles. The van der Waals surface area contributed by atoms with Crippen molar-refractivity contribution < 1.29 is 24.2 Å². The van der Waals surface area contributed by atoms with Crippen LogP contribution in [0.3, 0.4) is 0 Å². The van der Waals surface area contributed by atoms with E-state index in [1.165, 1.54) is 13.8 Å². The summed E-state index contributed by atoms with van der Waals surface area (Å²) in [6.45, 7) is 10.6.